The molecule has 0 atom stereocenters. The summed E-state index contributed by atoms with van der Waals surface area (Å²) in [5.41, 5.74) is 1.58. The number of methoxy groups -OCH3 is 2. The average molecular weight is 509 g/mol. The number of amides is 1. The van der Waals surface area contributed by atoms with Gasteiger partial charge < -0.3 is 14.8 Å². The van der Waals surface area contributed by atoms with Gasteiger partial charge in [0.25, 0.3) is 10.0 Å². The van der Waals surface area contributed by atoms with E-state index in [0.29, 0.717) is 23.4 Å². The van der Waals surface area contributed by atoms with E-state index in [1.807, 2.05) is 30.3 Å². The quantitative estimate of drug-likeness (QED) is 0.309. The number of carbonyl (C=O) groups excluding carboxylic acids is 2. The number of sulfonamides is 1. The molecule has 3 rings (SSSR count). The molecule has 36 heavy (non-hydrogen) atoms. The number of hydrogen-bond donors (Lipinski definition) is 1. The highest BCUT2D eigenvalue weighted by atomic mass is 32.2. The summed E-state index contributed by atoms with van der Waals surface area (Å²) < 4.78 is 37.7. The van der Waals surface area contributed by atoms with E-state index in [-0.39, 0.29) is 29.5 Å². The lowest BCUT2D eigenvalue weighted by atomic mass is 10.1. The standard InChI is InChI=1S/C27H28N2O6S/c1-20(27(31)35-3)29(36(32,33)24-16-14-23(34-2)15-17-24)19-22-11-7-8-12-25(22)28-26(30)18-13-21-9-5-4-6-10-21/h4-12,14-17H,1,13,18-19H2,2-3H3,(H,28,30). The van der Waals surface area contributed by atoms with Crippen molar-refractivity contribution >= 4 is 27.6 Å². The lowest BCUT2D eigenvalue weighted by molar-refractivity contribution is -0.137. The predicted molar refractivity (Wildman–Crippen MR) is 137 cm³/mol. The zero-order valence-electron chi connectivity index (χ0n) is 20.1. The Bertz CT molecular complexity index is 1320. The maximum absolute atomic E-state index is 13.5. The summed E-state index contributed by atoms with van der Waals surface area (Å²) in [6.45, 7) is 3.41. The van der Waals surface area contributed by atoms with Crippen LogP contribution in [0.5, 0.6) is 5.75 Å². The molecule has 0 fully saturated rings. The molecule has 0 aromatic heterocycles. The van der Waals surface area contributed by atoms with Crippen LogP contribution in [0.25, 0.3) is 0 Å². The summed E-state index contributed by atoms with van der Waals surface area (Å²) in [6, 6.07) is 22.2. The molecule has 0 heterocycles. The van der Waals surface area contributed by atoms with E-state index in [0.717, 1.165) is 17.0 Å². The van der Waals surface area contributed by atoms with Crippen LogP contribution in [0, 0.1) is 0 Å². The lowest BCUT2D eigenvalue weighted by Crippen LogP contribution is -2.33. The monoisotopic (exact) mass is 508 g/mol. The molecular formula is C27H28N2O6S. The van der Waals surface area contributed by atoms with E-state index >= 15 is 0 Å². The van der Waals surface area contributed by atoms with Crippen LogP contribution in [-0.4, -0.2) is 38.8 Å². The number of rotatable bonds is 11. The minimum absolute atomic E-state index is 0.0577. The molecule has 0 aliphatic carbocycles. The molecule has 0 aliphatic heterocycles. The van der Waals surface area contributed by atoms with E-state index in [9.17, 15) is 18.0 Å². The minimum Gasteiger partial charge on any atom is -0.497 e. The van der Waals surface area contributed by atoms with Crippen molar-refractivity contribution in [3.05, 3.63) is 102 Å². The Labute approximate surface area is 211 Å². The van der Waals surface area contributed by atoms with Crippen molar-refractivity contribution in [1.29, 1.82) is 0 Å². The Hall–Kier alpha value is -4.11. The number of benzene rings is 3. The van der Waals surface area contributed by atoms with Gasteiger partial charge in [-0.3, -0.25) is 9.10 Å². The summed E-state index contributed by atoms with van der Waals surface area (Å²) in [7, 11) is -1.59. The van der Waals surface area contributed by atoms with Crippen LogP contribution < -0.4 is 10.1 Å². The van der Waals surface area contributed by atoms with E-state index in [2.05, 4.69) is 11.9 Å². The number of nitrogens with one attached hydrogen (secondary N) is 1. The number of carbonyl (C=O) groups is 2. The van der Waals surface area contributed by atoms with Crippen molar-refractivity contribution in [2.75, 3.05) is 19.5 Å². The highest BCUT2D eigenvalue weighted by molar-refractivity contribution is 7.89. The Kier molecular flexibility index (Phi) is 8.86. The number of ether oxygens (including phenoxy) is 2. The summed E-state index contributed by atoms with van der Waals surface area (Å²) in [4.78, 5) is 24.9. The molecule has 3 aromatic rings. The van der Waals surface area contributed by atoms with Crippen molar-refractivity contribution in [3.8, 4) is 5.75 Å². The Morgan fingerprint density at radius 1 is 0.917 bits per heavy atom. The highest BCUT2D eigenvalue weighted by Gasteiger charge is 2.30. The van der Waals surface area contributed by atoms with Crippen LogP contribution in [0.2, 0.25) is 0 Å². The number of hydrogen-bond acceptors (Lipinski definition) is 6. The molecule has 0 aliphatic rings. The van der Waals surface area contributed by atoms with E-state index < -0.39 is 16.0 Å². The highest BCUT2D eigenvalue weighted by Crippen LogP contribution is 2.27. The summed E-state index contributed by atoms with van der Waals surface area (Å²) in [6.07, 6.45) is 0.813. The molecule has 0 saturated carbocycles. The van der Waals surface area contributed by atoms with Gasteiger partial charge in [0.1, 0.15) is 11.4 Å². The summed E-state index contributed by atoms with van der Waals surface area (Å²) in [5.74, 6) is -0.630. The fraction of sp³-hybridized carbons (Fsp3) is 0.185. The van der Waals surface area contributed by atoms with Gasteiger partial charge in [-0.1, -0.05) is 55.1 Å². The zero-order chi connectivity index (χ0) is 26.1. The molecule has 3 aromatic carbocycles. The van der Waals surface area contributed by atoms with E-state index in [4.69, 9.17) is 9.47 Å². The van der Waals surface area contributed by atoms with Crippen LogP contribution >= 0.6 is 0 Å². The van der Waals surface area contributed by atoms with Crippen molar-refractivity contribution in [3.63, 3.8) is 0 Å². The molecule has 8 nitrogen and oxygen atoms in total. The fourth-order valence-electron chi connectivity index (χ4n) is 3.47. The molecular weight excluding hydrogens is 480 g/mol. The molecule has 9 heteroatoms. The summed E-state index contributed by atoms with van der Waals surface area (Å²) >= 11 is 0. The first-order valence-electron chi connectivity index (χ1n) is 11.1. The van der Waals surface area contributed by atoms with Crippen molar-refractivity contribution in [2.45, 2.75) is 24.3 Å². The summed E-state index contributed by atoms with van der Waals surface area (Å²) in [5, 5.41) is 2.85. The van der Waals surface area contributed by atoms with Gasteiger partial charge in [0, 0.05) is 12.1 Å². The van der Waals surface area contributed by atoms with Gasteiger partial charge >= 0.3 is 5.97 Å². The molecule has 0 radical (unpaired) electrons. The van der Waals surface area contributed by atoms with Crippen molar-refractivity contribution in [2.24, 2.45) is 0 Å². The number of esters is 1. The number of anilines is 1. The molecule has 0 unspecified atom stereocenters. The van der Waals surface area contributed by atoms with Gasteiger partial charge in [0.2, 0.25) is 5.91 Å². The first kappa shape index (κ1) is 26.5. The lowest BCUT2D eigenvalue weighted by Gasteiger charge is -2.26. The Morgan fingerprint density at radius 3 is 2.19 bits per heavy atom. The SMILES string of the molecule is C=C(C(=O)OC)N(Cc1ccccc1NC(=O)CCc1ccccc1)S(=O)(=O)c1ccc(OC)cc1. The van der Waals surface area contributed by atoms with Crippen molar-refractivity contribution in [1.82, 2.24) is 4.31 Å². The minimum atomic E-state index is -4.21. The maximum Gasteiger partial charge on any atom is 0.354 e. The number of nitrogens with zero attached hydrogens (tertiary/aromatic N) is 1. The number of para-hydroxylation sites is 1. The second kappa shape index (κ2) is 12.0. The van der Waals surface area contributed by atoms with E-state index in [1.54, 1.807) is 24.3 Å². The van der Waals surface area contributed by atoms with Crippen LogP contribution in [0.3, 0.4) is 0 Å². The van der Waals surface area contributed by atoms with Crippen LogP contribution in [0.4, 0.5) is 5.69 Å². The Balaban J connectivity index is 1.87. The third-order valence-corrected chi connectivity index (χ3v) is 7.26. The van der Waals surface area contributed by atoms with Gasteiger partial charge in [-0.05, 0) is 47.9 Å². The van der Waals surface area contributed by atoms with E-state index in [1.165, 1.54) is 31.4 Å². The maximum atomic E-state index is 13.5. The van der Waals surface area contributed by atoms with Gasteiger partial charge in [-0.25, -0.2) is 13.2 Å². The fourth-order valence-corrected chi connectivity index (χ4v) is 4.88. The third kappa shape index (κ3) is 6.51. The molecule has 0 saturated heterocycles. The normalized spacial score (nSPS) is 10.8. The molecule has 0 bridgehead atoms. The van der Waals surface area contributed by atoms with Crippen LogP contribution in [-0.2, 0) is 37.3 Å². The topological polar surface area (TPSA) is 102 Å². The first-order chi connectivity index (χ1) is 17.3. The second-order valence-corrected chi connectivity index (χ2v) is 9.68. The van der Waals surface area contributed by atoms with Crippen LogP contribution in [0.1, 0.15) is 17.5 Å². The van der Waals surface area contributed by atoms with Gasteiger partial charge in [0.15, 0.2) is 0 Å². The smallest absolute Gasteiger partial charge is 0.354 e. The molecule has 0 spiro atoms. The third-order valence-electron chi connectivity index (χ3n) is 5.46. The Morgan fingerprint density at radius 2 is 1.56 bits per heavy atom. The zero-order valence-corrected chi connectivity index (χ0v) is 21.0. The second-order valence-electron chi connectivity index (χ2n) is 7.82. The van der Waals surface area contributed by atoms with Crippen LogP contribution in [0.15, 0.2) is 96.0 Å². The van der Waals surface area contributed by atoms with Gasteiger partial charge in [-0.15, -0.1) is 0 Å². The largest absolute Gasteiger partial charge is 0.497 e. The van der Waals surface area contributed by atoms with Gasteiger partial charge in [0.05, 0.1) is 25.7 Å². The molecule has 188 valence electrons. The first-order valence-corrected chi connectivity index (χ1v) is 12.6. The van der Waals surface area contributed by atoms with Crippen molar-refractivity contribution < 1.29 is 27.5 Å². The molecule has 1 amide bonds. The van der Waals surface area contributed by atoms with Gasteiger partial charge in [-0.2, -0.15) is 0 Å². The number of aryl methyl sites for hydroxylation is 1. The average Bonchev–Trinajstić information content (AvgIpc) is 2.91. The molecule has 1 N–H and O–H groups in total. The predicted octanol–water partition coefficient (Wildman–Crippen LogP) is 4.14.